The Morgan fingerprint density at radius 2 is 1.85 bits per heavy atom. The molecule has 0 aliphatic heterocycles. The van der Waals surface area contributed by atoms with Gasteiger partial charge in [0, 0.05) is 5.56 Å². The molecule has 0 saturated carbocycles. The van der Waals surface area contributed by atoms with Gasteiger partial charge in [0.15, 0.2) is 0 Å². The normalized spacial score (nSPS) is 12.4. The molecular weight excluding hydrogens is 392 g/mol. The van der Waals surface area contributed by atoms with Crippen LogP contribution in [0.4, 0.5) is 8.78 Å². The first-order valence-electron chi connectivity index (χ1n) is 6.16. The zero-order valence-electron chi connectivity index (χ0n) is 10.8. The highest BCUT2D eigenvalue weighted by molar-refractivity contribution is 9.10. The summed E-state index contributed by atoms with van der Waals surface area (Å²) in [4.78, 5) is 0. The van der Waals surface area contributed by atoms with Crippen molar-refractivity contribution in [2.75, 3.05) is 6.54 Å². The predicted molar refractivity (Wildman–Crippen MR) is 83.7 cm³/mol. The molecule has 0 spiro atoms. The Hall–Kier alpha value is -0.780. The van der Waals surface area contributed by atoms with Crippen LogP contribution in [0.2, 0.25) is 0 Å². The van der Waals surface area contributed by atoms with Crippen LogP contribution in [0, 0.1) is 11.6 Å². The lowest BCUT2D eigenvalue weighted by Gasteiger charge is -2.20. The molecule has 20 heavy (non-hydrogen) atoms. The summed E-state index contributed by atoms with van der Waals surface area (Å²) in [6, 6.07) is 9.55. The lowest BCUT2D eigenvalue weighted by molar-refractivity contribution is 0.553. The zero-order valence-corrected chi connectivity index (χ0v) is 13.9. The van der Waals surface area contributed by atoms with E-state index in [4.69, 9.17) is 0 Å². The summed E-state index contributed by atoms with van der Waals surface area (Å²) in [5, 5.41) is 3.23. The fourth-order valence-electron chi connectivity index (χ4n) is 2.05. The summed E-state index contributed by atoms with van der Waals surface area (Å²) in [5.41, 5.74) is 1.33. The average molecular weight is 405 g/mol. The van der Waals surface area contributed by atoms with Gasteiger partial charge < -0.3 is 5.32 Å². The lowest BCUT2D eigenvalue weighted by Crippen LogP contribution is -2.23. The summed E-state index contributed by atoms with van der Waals surface area (Å²) in [7, 11) is 0. The van der Waals surface area contributed by atoms with Gasteiger partial charge in [0.2, 0.25) is 0 Å². The molecule has 0 aromatic heterocycles. The molecule has 0 fully saturated rings. The molecule has 0 heterocycles. The van der Waals surface area contributed by atoms with Crippen LogP contribution in [0.5, 0.6) is 0 Å². The molecule has 2 aromatic rings. The maximum atomic E-state index is 14.3. The lowest BCUT2D eigenvalue weighted by atomic mass is 9.98. The number of nitrogens with one attached hydrogen (secondary N) is 1. The Morgan fingerprint density at radius 1 is 1.10 bits per heavy atom. The van der Waals surface area contributed by atoms with Gasteiger partial charge in [-0.25, -0.2) is 8.78 Å². The molecule has 0 bridgehead atoms. The van der Waals surface area contributed by atoms with Crippen molar-refractivity contribution in [2.24, 2.45) is 0 Å². The smallest absolute Gasteiger partial charge is 0.142 e. The fourth-order valence-corrected chi connectivity index (χ4v) is 2.82. The molecule has 106 valence electrons. The first kappa shape index (κ1) is 15.6. The molecule has 0 saturated heterocycles. The third kappa shape index (κ3) is 3.27. The van der Waals surface area contributed by atoms with Gasteiger partial charge in [-0.3, -0.25) is 0 Å². The van der Waals surface area contributed by atoms with Crippen LogP contribution >= 0.6 is 31.9 Å². The van der Waals surface area contributed by atoms with Gasteiger partial charge in [-0.05, 0) is 62.2 Å². The van der Waals surface area contributed by atoms with E-state index in [0.29, 0.717) is 21.1 Å². The van der Waals surface area contributed by atoms with Crippen LogP contribution in [0.3, 0.4) is 0 Å². The molecule has 0 radical (unpaired) electrons. The Morgan fingerprint density at radius 3 is 2.50 bits per heavy atom. The Balaban J connectivity index is 2.50. The van der Waals surface area contributed by atoms with Crippen molar-refractivity contribution in [2.45, 2.75) is 13.0 Å². The number of halogens is 4. The SMILES string of the molecule is CCNC(c1ccc(F)c(Br)c1)c1cccc(Br)c1F. The summed E-state index contributed by atoms with van der Waals surface area (Å²) in [5.74, 6) is -0.641. The Bertz CT molecular complexity index is 617. The number of hydrogen-bond donors (Lipinski definition) is 1. The third-order valence-electron chi connectivity index (χ3n) is 2.98. The highest BCUT2D eigenvalue weighted by atomic mass is 79.9. The van der Waals surface area contributed by atoms with Gasteiger partial charge in [0.25, 0.3) is 0 Å². The van der Waals surface area contributed by atoms with Gasteiger partial charge in [0.1, 0.15) is 11.6 Å². The molecule has 0 aliphatic rings. The van der Waals surface area contributed by atoms with E-state index < -0.39 is 0 Å². The minimum atomic E-state index is -0.335. The molecule has 0 amide bonds. The average Bonchev–Trinajstić information content (AvgIpc) is 2.43. The van der Waals surface area contributed by atoms with Crippen LogP contribution in [0.1, 0.15) is 24.1 Å². The Kier molecular flexibility index (Phi) is 5.29. The van der Waals surface area contributed by atoms with Crippen LogP contribution < -0.4 is 5.32 Å². The summed E-state index contributed by atoms with van der Waals surface area (Å²) in [6.07, 6.45) is 0. The molecular formula is C15H13Br2F2N. The second kappa shape index (κ2) is 6.78. The van der Waals surface area contributed by atoms with Crippen LogP contribution in [-0.2, 0) is 0 Å². The van der Waals surface area contributed by atoms with Crippen molar-refractivity contribution < 1.29 is 8.78 Å². The van der Waals surface area contributed by atoms with Crippen molar-refractivity contribution in [1.29, 1.82) is 0 Å². The van der Waals surface area contributed by atoms with E-state index >= 15 is 0 Å². The first-order chi connectivity index (χ1) is 9.54. The molecule has 5 heteroatoms. The monoisotopic (exact) mass is 403 g/mol. The topological polar surface area (TPSA) is 12.0 Å². The van der Waals surface area contributed by atoms with Crippen molar-refractivity contribution in [1.82, 2.24) is 5.32 Å². The number of benzene rings is 2. The summed E-state index contributed by atoms with van der Waals surface area (Å²) >= 11 is 6.36. The van der Waals surface area contributed by atoms with E-state index in [1.165, 1.54) is 6.07 Å². The van der Waals surface area contributed by atoms with Crippen molar-refractivity contribution in [3.8, 4) is 0 Å². The largest absolute Gasteiger partial charge is 0.306 e. The summed E-state index contributed by atoms with van der Waals surface area (Å²) < 4.78 is 28.4. The predicted octanol–water partition coefficient (Wildman–Crippen LogP) is 5.19. The van der Waals surface area contributed by atoms with E-state index in [9.17, 15) is 8.78 Å². The molecule has 1 nitrogen and oxygen atoms in total. The zero-order chi connectivity index (χ0) is 14.7. The van der Waals surface area contributed by atoms with Crippen LogP contribution in [0.25, 0.3) is 0 Å². The first-order valence-corrected chi connectivity index (χ1v) is 7.75. The van der Waals surface area contributed by atoms with E-state index in [0.717, 1.165) is 5.56 Å². The third-order valence-corrected chi connectivity index (χ3v) is 4.20. The van der Waals surface area contributed by atoms with Gasteiger partial charge in [-0.1, -0.05) is 25.1 Å². The molecule has 2 rings (SSSR count). The van der Waals surface area contributed by atoms with E-state index in [2.05, 4.69) is 37.2 Å². The molecule has 2 aromatic carbocycles. The van der Waals surface area contributed by atoms with Crippen LogP contribution in [0.15, 0.2) is 45.3 Å². The molecule has 1 N–H and O–H groups in total. The minimum absolute atomic E-state index is 0.307. The second-order valence-electron chi connectivity index (χ2n) is 4.31. The van der Waals surface area contributed by atoms with Crippen molar-refractivity contribution in [3.63, 3.8) is 0 Å². The molecule has 1 unspecified atom stereocenters. The quantitative estimate of drug-likeness (QED) is 0.739. The second-order valence-corrected chi connectivity index (χ2v) is 6.02. The van der Waals surface area contributed by atoms with Gasteiger partial charge in [-0.15, -0.1) is 0 Å². The molecule has 1 atom stereocenters. The molecule has 0 aliphatic carbocycles. The Labute approximate surface area is 133 Å². The van der Waals surface area contributed by atoms with E-state index in [-0.39, 0.29) is 17.7 Å². The number of hydrogen-bond acceptors (Lipinski definition) is 1. The van der Waals surface area contributed by atoms with E-state index in [1.54, 1.807) is 30.3 Å². The van der Waals surface area contributed by atoms with Crippen molar-refractivity contribution >= 4 is 31.9 Å². The highest BCUT2D eigenvalue weighted by Crippen LogP contribution is 2.30. The van der Waals surface area contributed by atoms with Gasteiger partial charge in [0.05, 0.1) is 15.0 Å². The standard InChI is InChI=1S/C15H13Br2F2N/c1-2-20-15(9-6-7-13(18)12(17)8-9)10-4-3-5-11(16)14(10)19/h3-8,15,20H,2H2,1H3. The van der Waals surface area contributed by atoms with Gasteiger partial charge in [-0.2, -0.15) is 0 Å². The van der Waals surface area contributed by atoms with Crippen molar-refractivity contribution in [3.05, 3.63) is 68.1 Å². The maximum Gasteiger partial charge on any atom is 0.142 e. The highest BCUT2D eigenvalue weighted by Gasteiger charge is 2.19. The summed E-state index contributed by atoms with van der Waals surface area (Å²) in [6.45, 7) is 2.62. The van der Waals surface area contributed by atoms with E-state index in [1.807, 2.05) is 6.92 Å². The minimum Gasteiger partial charge on any atom is -0.306 e. The fraction of sp³-hybridized carbons (Fsp3) is 0.200. The number of rotatable bonds is 4. The van der Waals surface area contributed by atoms with Gasteiger partial charge >= 0.3 is 0 Å². The maximum absolute atomic E-state index is 14.3. The van der Waals surface area contributed by atoms with Crippen LogP contribution in [-0.4, -0.2) is 6.54 Å².